The van der Waals surface area contributed by atoms with Gasteiger partial charge in [-0.05, 0) is 36.5 Å². The Morgan fingerprint density at radius 2 is 1.67 bits per heavy atom. The molecule has 0 spiro atoms. The number of nitrogens with zero attached hydrogens (tertiary/aromatic N) is 1. The first-order valence-electron chi connectivity index (χ1n) is 7.53. The fourth-order valence-electron chi connectivity index (χ4n) is 3.42. The van der Waals surface area contributed by atoms with E-state index >= 15 is 0 Å². The third kappa shape index (κ3) is 1.99. The molecule has 104 valence electrons. The Morgan fingerprint density at radius 1 is 0.905 bits per heavy atom. The number of carbonyl (C=O) groups is 1. The topological polar surface area (TPSA) is 22.0 Å². The lowest BCUT2D eigenvalue weighted by molar-refractivity contribution is 0.0889. The van der Waals surface area contributed by atoms with Gasteiger partial charge in [0.2, 0.25) is 5.91 Å². The van der Waals surface area contributed by atoms with Crippen LogP contribution in [0.2, 0.25) is 0 Å². The van der Waals surface area contributed by atoms with E-state index in [1.807, 2.05) is 16.7 Å². The molecule has 0 aliphatic carbocycles. The van der Waals surface area contributed by atoms with Crippen molar-refractivity contribution < 1.29 is 4.79 Å². The molecule has 0 bridgehead atoms. The normalized spacial score (nSPS) is 14.4. The van der Waals surface area contributed by atoms with Gasteiger partial charge >= 0.3 is 0 Å². The molecule has 0 saturated heterocycles. The van der Waals surface area contributed by atoms with Gasteiger partial charge in [-0.3, -0.25) is 9.36 Å². The van der Waals surface area contributed by atoms with Crippen LogP contribution in [0.15, 0.2) is 54.6 Å². The maximum absolute atomic E-state index is 12.3. The number of benzene rings is 2. The lowest BCUT2D eigenvalue weighted by Gasteiger charge is -2.16. The molecule has 0 atom stereocenters. The predicted molar refractivity (Wildman–Crippen MR) is 84.8 cm³/mol. The second-order valence-electron chi connectivity index (χ2n) is 5.69. The van der Waals surface area contributed by atoms with Gasteiger partial charge in [0.1, 0.15) is 0 Å². The highest BCUT2D eigenvalue weighted by Gasteiger charge is 2.24. The molecule has 2 aromatic carbocycles. The molecule has 2 heterocycles. The first-order chi connectivity index (χ1) is 10.3. The van der Waals surface area contributed by atoms with Crippen molar-refractivity contribution in [2.75, 3.05) is 0 Å². The molecule has 0 N–H and O–H groups in total. The van der Waals surface area contributed by atoms with E-state index in [4.69, 9.17) is 0 Å². The van der Waals surface area contributed by atoms with E-state index < -0.39 is 0 Å². The first kappa shape index (κ1) is 12.4. The second kappa shape index (κ2) is 4.88. The quantitative estimate of drug-likeness (QED) is 0.686. The summed E-state index contributed by atoms with van der Waals surface area (Å²) in [5.41, 5.74) is 4.92. The minimum absolute atomic E-state index is 0.242. The van der Waals surface area contributed by atoms with Crippen molar-refractivity contribution >= 4 is 16.8 Å². The van der Waals surface area contributed by atoms with Gasteiger partial charge in [0, 0.05) is 17.5 Å². The zero-order chi connectivity index (χ0) is 14.2. The highest BCUT2D eigenvalue weighted by atomic mass is 16.2. The Kier molecular flexibility index (Phi) is 2.88. The number of carbonyl (C=O) groups excluding carboxylic acids is 1. The molecule has 0 unspecified atom stereocenters. The molecule has 4 rings (SSSR count). The van der Waals surface area contributed by atoms with Crippen molar-refractivity contribution in [2.45, 2.75) is 25.7 Å². The van der Waals surface area contributed by atoms with Crippen molar-refractivity contribution in [1.82, 2.24) is 4.57 Å². The molecule has 0 fully saturated rings. The van der Waals surface area contributed by atoms with Gasteiger partial charge in [-0.2, -0.15) is 0 Å². The van der Waals surface area contributed by atoms with Crippen molar-refractivity contribution in [3.05, 3.63) is 71.4 Å². The average molecular weight is 275 g/mol. The number of rotatable bonds is 2. The van der Waals surface area contributed by atoms with Crippen molar-refractivity contribution in [1.29, 1.82) is 0 Å². The van der Waals surface area contributed by atoms with Crippen LogP contribution in [0, 0.1) is 0 Å². The SMILES string of the molecule is O=C1CCCc2c(Cc3ccccc3)c3ccccc3n21. The second-order valence-corrected chi connectivity index (χ2v) is 5.69. The van der Waals surface area contributed by atoms with Crippen molar-refractivity contribution in [3.8, 4) is 0 Å². The highest BCUT2D eigenvalue weighted by Crippen LogP contribution is 2.32. The number of fused-ring (bicyclic) bond motifs is 3. The zero-order valence-electron chi connectivity index (χ0n) is 11.9. The predicted octanol–water partition coefficient (Wildman–Crippen LogP) is 4.21. The minimum atomic E-state index is 0.242. The Hall–Kier alpha value is -2.35. The Morgan fingerprint density at radius 3 is 2.52 bits per heavy atom. The summed E-state index contributed by atoms with van der Waals surface area (Å²) in [4.78, 5) is 12.3. The van der Waals surface area contributed by atoms with Gasteiger partial charge in [0.05, 0.1) is 5.52 Å². The Balaban J connectivity index is 1.94. The van der Waals surface area contributed by atoms with E-state index in [-0.39, 0.29) is 5.91 Å². The molecular formula is C19H17NO. The van der Waals surface area contributed by atoms with E-state index in [2.05, 4.69) is 42.5 Å². The molecule has 2 heteroatoms. The molecule has 21 heavy (non-hydrogen) atoms. The average Bonchev–Trinajstić information content (AvgIpc) is 2.84. The van der Waals surface area contributed by atoms with Crippen LogP contribution in [0.25, 0.3) is 10.9 Å². The summed E-state index contributed by atoms with van der Waals surface area (Å²) in [7, 11) is 0. The summed E-state index contributed by atoms with van der Waals surface area (Å²) in [6, 6.07) is 18.8. The van der Waals surface area contributed by atoms with Crippen LogP contribution in [-0.4, -0.2) is 10.5 Å². The fourth-order valence-corrected chi connectivity index (χ4v) is 3.42. The highest BCUT2D eigenvalue weighted by molar-refractivity contribution is 5.97. The van der Waals surface area contributed by atoms with E-state index in [1.54, 1.807) is 0 Å². The van der Waals surface area contributed by atoms with E-state index in [0.29, 0.717) is 6.42 Å². The van der Waals surface area contributed by atoms with E-state index in [0.717, 1.165) is 24.8 Å². The van der Waals surface area contributed by atoms with Gasteiger partial charge in [-0.15, -0.1) is 0 Å². The van der Waals surface area contributed by atoms with Gasteiger partial charge in [0.15, 0.2) is 0 Å². The summed E-state index contributed by atoms with van der Waals surface area (Å²) < 4.78 is 1.96. The molecule has 1 aromatic heterocycles. The number of hydrogen-bond donors (Lipinski definition) is 0. The van der Waals surface area contributed by atoms with Crippen LogP contribution in [-0.2, 0) is 12.8 Å². The van der Waals surface area contributed by atoms with Crippen molar-refractivity contribution in [2.24, 2.45) is 0 Å². The van der Waals surface area contributed by atoms with Gasteiger partial charge in [-0.25, -0.2) is 0 Å². The molecule has 0 amide bonds. The van der Waals surface area contributed by atoms with Crippen LogP contribution in [0.1, 0.15) is 34.5 Å². The van der Waals surface area contributed by atoms with E-state index in [9.17, 15) is 4.79 Å². The third-order valence-electron chi connectivity index (χ3n) is 4.37. The zero-order valence-corrected chi connectivity index (χ0v) is 11.9. The summed E-state index contributed by atoms with van der Waals surface area (Å²) in [6.45, 7) is 0. The summed E-state index contributed by atoms with van der Waals surface area (Å²) >= 11 is 0. The minimum Gasteiger partial charge on any atom is -0.284 e. The van der Waals surface area contributed by atoms with Gasteiger partial charge in [0.25, 0.3) is 0 Å². The number of hydrogen-bond acceptors (Lipinski definition) is 1. The maximum Gasteiger partial charge on any atom is 0.231 e. The van der Waals surface area contributed by atoms with Gasteiger partial charge < -0.3 is 0 Å². The van der Waals surface area contributed by atoms with Crippen molar-refractivity contribution in [3.63, 3.8) is 0 Å². The molecular weight excluding hydrogens is 258 g/mol. The molecule has 3 aromatic rings. The standard InChI is InChI=1S/C19H17NO/c21-19-12-6-11-18-16(13-14-7-2-1-3-8-14)15-9-4-5-10-17(15)20(18)19/h1-5,7-10H,6,11-13H2. The van der Waals surface area contributed by atoms with Crippen LogP contribution < -0.4 is 0 Å². The third-order valence-corrected chi connectivity index (χ3v) is 4.37. The monoisotopic (exact) mass is 275 g/mol. The number of para-hydroxylation sites is 1. The largest absolute Gasteiger partial charge is 0.284 e. The summed E-state index contributed by atoms with van der Waals surface area (Å²) in [6.07, 6.45) is 3.53. The fraction of sp³-hybridized carbons (Fsp3) is 0.211. The summed E-state index contributed by atoms with van der Waals surface area (Å²) in [5.74, 6) is 0.242. The van der Waals surface area contributed by atoms with Crippen LogP contribution >= 0.6 is 0 Å². The van der Waals surface area contributed by atoms with Crippen LogP contribution in [0.3, 0.4) is 0 Å². The van der Waals surface area contributed by atoms with Crippen LogP contribution in [0.4, 0.5) is 0 Å². The molecule has 0 saturated carbocycles. The number of aromatic nitrogens is 1. The maximum atomic E-state index is 12.3. The lowest BCUT2D eigenvalue weighted by Crippen LogP contribution is -2.19. The van der Waals surface area contributed by atoms with Crippen LogP contribution in [0.5, 0.6) is 0 Å². The molecule has 1 aliphatic heterocycles. The Bertz CT molecular complexity index is 814. The molecule has 2 nitrogen and oxygen atoms in total. The first-order valence-corrected chi connectivity index (χ1v) is 7.53. The smallest absolute Gasteiger partial charge is 0.231 e. The lowest BCUT2D eigenvalue weighted by atomic mass is 9.98. The van der Waals surface area contributed by atoms with Gasteiger partial charge in [-0.1, -0.05) is 48.5 Å². The molecule has 0 radical (unpaired) electrons. The molecule has 1 aliphatic rings. The van der Waals surface area contributed by atoms with E-state index in [1.165, 1.54) is 22.2 Å². The summed E-state index contributed by atoms with van der Waals surface area (Å²) in [5, 5.41) is 1.23. The Labute approximate surface area is 124 Å².